The van der Waals surface area contributed by atoms with E-state index in [2.05, 4.69) is 10.3 Å². The first-order valence-electron chi connectivity index (χ1n) is 7.26. The SMILES string of the molecule is CCOC(=O)CNC(=O)CN(C)C(=O)c1c[nH]c2ccccc12. The van der Waals surface area contributed by atoms with Crippen molar-refractivity contribution in [2.75, 3.05) is 26.7 Å². The van der Waals surface area contributed by atoms with E-state index in [9.17, 15) is 14.4 Å². The van der Waals surface area contributed by atoms with Gasteiger partial charge in [0.2, 0.25) is 5.91 Å². The molecule has 0 saturated heterocycles. The number of hydrogen-bond donors (Lipinski definition) is 2. The van der Waals surface area contributed by atoms with Crippen molar-refractivity contribution < 1.29 is 19.1 Å². The van der Waals surface area contributed by atoms with Crippen LogP contribution < -0.4 is 5.32 Å². The van der Waals surface area contributed by atoms with E-state index in [0.29, 0.717) is 5.56 Å². The van der Waals surface area contributed by atoms with Gasteiger partial charge in [-0.3, -0.25) is 14.4 Å². The first kappa shape index (κ1) is 16.5. The van der Waals surface area contributed by atoms with E-state index in [0.717, 1.165) is 10.9 Å². The van der Waals surface area contributed by atoms with E-state index in [-0.39, 0.29) is 25.6 Å². The highest BCUT2D eigenvalue weighted by atomic mass is 16.5. The van der Waals surface area contributed by atoms with Crippen LogP contribution in [0.25, 0.3) is 10.9 Å². The molecule has 0 aliphatic carbocycles. The number of carbonyl (C=O) groups is 3. The Hall–Kier alpha value is -2.83. The van der Waals surface area contributed by atoms with Crippen LogP contribution in [0.15, 0.2) is 30.5 Å². The average Bonchev–Trinajstić information content (AvgIpc) is 2.96. The number of fused-ring (bicyclic) bond motifs is 1. The molecule has 2 N–H and O–H groups in total. The normalized spacial score (nSPS) is 10.3. The van der Waals surface area contributed by atoms with Crippen LogP contribution in [0.2, 0.25) is 0 Å². The number of aromatic amines is 1. The fourth-order valence-electron chi connectivity index (χ4n) is 2.18. The second kappa shape index (κ2) is 7.44. The highest BCUT2D eigenvalue weighted by Gasteiger charge is 2.18. The molecule has 23 heavy (non-hydrogen) atoms. The summed E-state index contributed by atoms with van der Waals surface area (Å²) in [6, 6.07) is 7.44. The molecule has 1 aromatic carbocycles. The number of aromatic nitrogens is 1. The molecule has 1 heterocycles. The van der Waals surface area contributed by atoms with Crippen LogP contribution in [0.4, 0.5) is 0 Å². The Morgan fingerprint density at radius 2 is 2.00 bits per heavy atom. The summed E-state index contributed by atoms with van der Waals surface area (Å²) < 4.78 is 4.71. The molecule has 1 aromatic heterocycles. The van der Waals surface area contributed by atoms with E-state index in [1.54, 1.807) is 13.1 Å². The van der Waals surface area contributed by atoms with Gasteiger partial charge in [-0.2, -0.15) is 0 Å². The van der Waals surface area contributed by atoms with Crippen LogP contribution >= 0.6 is 0 Å². The third-order valence-corrected chi connectivity index (χ3v) is 3.28. The lowest BCUT2D eigenvalue weighted by molar-refractivity contribution is -0.143. The summed E-state index contributed by atoms with van der Waals surface area (Å²) in [6.45, 7) is 1.60. The summed E-state index contributed by atoms with van der Waals surface area (Å²) in [5.41, 5.74) is 1.36. The minimum absolute atomic E-state index is 0.141. The predicted octanol–water partition coefficient (Wildman–Crippen LogP) is 0.919. The molecule has 2 amide bonds. The standard InChI is InChI=1S/C16H19N3O4/c1-3-23-15(21)9-18-14(20)10-19(2)16(22)12-8-17-13-7-5-4-6-11(12)13/h4-8,17H,3,9-10H2,1-2H3,(H,18,20). The van der Waals surface area contributed by atoms with Gasteiger partial charge in [0.1, 0.15) is 6.54 Å². The predicted molar refractivity (Wildman–Crippen MR) is 84.9 cm³/mol. The molecule has 122 valence electrons. The van der Waals surface area contributed by atoms with Gasteiger partial charge in [-0.05, 0) is 13.0 Å². The zero-order valence-electron chi connectivity index (χ0n) is 13.1. The van der Waals surface area contributed by atoms with Gasteiger partial charge in [-0.15, -0.1) is 0 Å². The van der Waals surface area contributed by atoms with E-state index in [1.165, 1.54) is 11.9 Å². The monoisotopic (exact) mass is 317 g/mol. The molecule has 0 fully saturated rings. The zero-order chi connectivity index (χ0) is 16.8. The van der Waals surface area contributed by atoms with Crippen molar-refractivity contribution in [2.45, 2.75) is 6.92 Å². The van der Waals surface area contributed by atoms with Crippen molar-refractivity contribution in [1.29, 1.82) is 0 Å². The van der Waals surface area contributed by atoms with Crippen LogP contribution in [0.3, 0.4) is 0 Å². The number of ether oxygens (including phenoxy) is 1. The number of hydrogen-bond acceptors (Lipinski definition) is 4. The number of benzene rings is 1. The van der Waals surface area contributed by atoms with Crippen LogP contribution in [-0.2, 0) is 14.3 Å². The number of H-pyrrole nitrogens is 1. The molecule has 0 aliphatic heterocycles. The Balaban J connectivity index is 1.95. The average molecular weight is 317 g/mol. The van der Waals surface area contributed by atoms with Gasteiger partial charge < -0.3 is 19.9 Å². The second-order valence-corrected chi connectivity index (χ2v) is 4.99. The summed E-state index contributed by atoms with van der Waals surface area (Å²) in [5.74, 6) is -1.20. The molecule has 0 unspecified atom stereocenters. The van der Waals surface area contributed by atoms with Crippen LogP contribution in [0.1, 0.15) is 17.3 Å². The number of nitrogens with one attached hydrogen (secondary N) is 2. The lowest BCUT2D eigenvalue weighted by atomic mass is 10.1. The molecule has 2 aromatic rings. The molecular formula is C16H19N3O4. The molecule has 7 nitrogen and oxygen atoms in total. The van der Waals surface area contributed by atoms with Gasteiger partial charge >= 0.3 is 5.97 Å². The summed E-state index contributed by atoms with van der Waals surface area (Å²) in [4.78, 5) is 39.7. The third-order valence-electron chi connectivity index (χ3n) is 3.28. The molecule has 7 heteroatoms. The molecule has 0 bridgehead atoms. The summed E-state index contributed by atoms with van der Waals surface area (Å²) in [5, 5.41) is 3.22. The lowest BCUT2D eigenvalue weighted by Crippen LogP contribution is -2.40. The lowest BCUT2D eigenvalue weighted by Gasteiger charge is -2.16. The maximum absolute atomic E-state index is 12.4. The molecule has 0 saturated carbocycles. The molecule has 0 atom stereocenters. The topological polar surface area (TPSA) is 91.5 Å². The van der Waals surface area contributed by atoms with Crippen LogP contribution in [0, 0.1) is 0 Å². The summed E-state index contributed by atoms with van der Waals surface area (Å²) >= 11 is 0. The summed E-state index contributed by atoms with van der Waals surface area (Å²) in [6.07, 6.45) is 1.63. The highest BCUT2D eigenvalue weighted by molar-refractivity contribution is 6.07. The number of para-hydroxylation sites is 1. The maximum atomic E-state index is 12.4. The smallest absolute Gasteiger partial charge is 0.325 e. The van der Waals surface area contributed by atoms with Crippen molar-refractivity contribution in [3.05, 3.63) is 36.0 Å². The van der Waals surface area contributed by atoms with Crippen molar-refractivity contribution in [3.63, 3.8) is 0 Å². The zero-order valence-corrected chi connectivity index (χ0v) is 13.1. The van der Waals surface area contributed by atoms with Crippen molar-refractivity contribution in [2.24, 2.45) is 0 Å². The molecule has 2 rings (SSSR count). The fraction of sp³-hybridized carbons (Fsp3) is 0.312. The van der Waals surface area contributed by atoms with Gasteiger partial charge in [0, 0.05) is 24.1 Å². The van der Waals surface area contributed by atoms with E-state index in [4.69, 9.17) is 4.74 Å². The van der Waals surface area contributed by atoms with E-state index in [1.807, 2.05) is 24.3 Å². The summed E-state index contributed by atoms with van der Waals surface area (Å²) in [7, 11) is 1.54. The molecule has 0 aliphatic rings. The van der Waals surface area contributed by atoms with Crippen molar-refractivity contribution in [1.82, 2.24) is 15.2 Å². The molecule has 0 spiro atoms. The van der Waals surface area contributed by atoms with E-state index >= 15 is 0 Å². The number of amides is 2. The Morgan fingerprint density at radius 1 is 1.26 bits per heavy atom. The van der Waals surface area contributed by atoms with Gasteiger partial charge in [-0.25, -0.2) is 0 Å². The van der Waals surface area contributed by atoms with E-state index < -0.39 is 11.9 Å². The van der Waals surface area contributed by atoms with Crippen molar-refractivity contribution >= 4 is 28.7 Å². The van der Waals surface area contributed by atoms with Crippen LogP contribution in [-0.4, -0.2) is 54.4 Å². The van der Waals surface area contributed by atoms with Gasteiger partial charge in [0.15, 0.2) is 0 Å². The third kappa shape index (κ3) is 4.09. The Bertz CT molecular complexity index is 723. The Morgan fingerprint density at radius 3 is 2.74 bits per heavy atom. The number of likely N-dealkylation sites (N-methyl/N-ethyl adjacent to an activating group) is 1. The second-order valence-electron chi connectivity index (χ2n) is 4.99. The first-order valence-corrected chi connectivity index (χ1v) is 7.26. The first-order chi connectivity index (χ1) is 11.0. The number of esters is 1. The van der Waals surface area contributed by atoms with Gasteiger partial charge in [0.05, 0.1) is 18.7 Å². The highest BCUT2D eigenvalue weighted by Crippen LogP contribution is 2.18. The molecule has 0 radical (unpaired) electrons. The number of nitrogens with zero attached hydrogens (tertiary/aromatic N) is 1. The van der Waals surface area contributed by atoms with Gasteiger partial charge in [0.25, 0.3) is 5.91 Å². The van der Waals surface area contributed by atoms with Gasteiger partial charge in [-0.1, -0.05) is 18.2 Å². The number of carbonyl (C=O) groups excluding carboxylic acids is 3. The number of rotatable bonds is 6. The van der Waals surface area contributed by atoms with Crippen LogP contribution in [0.5, 0.6) is 0 Å². The Kier molecular flexibility index (Phi) is 5.35. The minimum atomic E-state index is -0.508. The fourth-order valence-corrected chi connectivity index (χ4v) is 2.18. The maximum Gasteiger partial charge on any atom is 0.325 e. The largest absolute Gasteiger partial charge is 0.465 e. The Labute approximate surface area is 133 Å². The quantitative estimate of drug-likeness (QED) is 0.775. The van der Waals surface area contributed by atoms with Crippen molar-refractivity contribution in [3.8, 4) is 0 Å². The molecular weight excluding hydrogens is 298 g/mol. The minimum Gasteiger partial charge on any atom is -0.465 e.